The van der Waals surface area contributed by atoms with Gasteiger partial charge in [0, 0.05) is 54.9 Å². The van der Waals surface area contributed by atoms with Gasteiger partial charge in [0.05, 0.1) is 12.4 Å². The molecule has 8 nitrogen and oxygen atoms in total. The minimum atomic E-state index is -0.558. The first-order valence-corrected chi connectivity index (χ1v) is 12.0. The second kappa shape index (κ2) is 9.50. The van der Waals surface area contributed by atoms with E-state index in [0.717, 1.165) is 55.5 Å². The van der Waals surface area contributed by atoms with Gasteiger partial charge in [0.2, 0.25) is 0 Å². The van der Waals surface area contributed by atoms with Gasteiger partial charge in [0.15, 0.2) is 17.5 Å². The lowest BCUT2D eigenvalue weighted by molar-refractivity contribution is 0.0469. The molecule has 4 aromatic rings. The van der Waals surface area contributed by atoms with Crippen molar-refractivity contribution in [3.8, 4) is 22.5 Å². The van der Waals surface area contributed by atoms with Crippen LogP contribution in [0.2, 0.25) is 0 Å². The Balaban J connectivity index is 1.20. The molecular weight excluding hydrogens is 459 g/mol. The number of amides is 1. The van der Waals surface area contributed by atoms with Crippen molar-refractivity contribution >= 4 is 17.4 Å². The summed E-state index contributed by atoms with van der Waals surface area (Å²) in [6, 6.07) is 13.2. The van der Waals surface area contributed by atoms with Gasteiger partial charge in [0.25, 0.3) is 5.91 Å². The molecule has 2 aliphatic rings. The highest BCUT2D eigenvalue weighted by molar-refractivity contribution is 5.99. The number of hydrogen-bond acceptors (Lipinski definition) is 6. The van der Waals surface area contributed by atoms with Crippen molar-refractivity contribution in [2.45, 2.75) is 19.4 Å². The van der Waals surface area contributed by atoms with Crippen molar-refractivity contribution in [3.05, 3.63) is 78.0 Å². The van der Waals surface area contributed by atoms with E-state index in [9.17, 15) is 9.18 Å². The molecule has 2 aromatic carbocycles. The standard InChI is InChI=1S/C27H25FN6O2/c28-24-14-29-25(33-26(24)32-22-5-3-18(4-6-22)21-12-30-31-13-21)19-1-2-20-16-34(27(35)23(20)11-19)15-17-7-9-36-10-8-17/h1-6,11-14,17H,7-10,15-16H2,(H,30,31)(H,29,32,33). The lowest BCUT2D eigenvalue weighted by atomic mass is 10.00. The van der Waals surface area contributed by atoms with Gasteiger partial charge in [-0.05, 0) is 48.1 Å². The molecule has 0 spiro atoms. The summed E-state index contributed by atoms with van der Waals surface area (Å²) >= 11 is 0. The number of carbonyl (C=O) groups is 1. The molecule has 6 rings (SSSR count). The van der Waals surface area contributed by atoms with E-state index in [1.54, 1.807) is 6.20 Å². The summed E-state index contributed by atoms with van der Waals surface area (Å²) in [5, 5.41) is 9.78. The minimum absolute atomic E-state index is 0.0246. The van der Waals surface area contributed by atoms with E-state index < -0.39 is 5.82 Å². The van der Waals surface area contributed by atoms with Crippen molar-refractivity contribution in [2.75, 3.05) is 25.1 Å². The maximum Gasteiger partial charge on any atom is 0.254 e. The Labute approximate surface area is 207 Å². The smallest absolute Gasteiger partial charge is 0.254 e. The molecule has 0 bridgehead atoms. The number of anilines is 2. The largest absolute Gasteiger partial charge is 0.381 e. The van der Waals surface area contributed by atoms with E-state index in [0.29, 0.717) is 35.1 Å². The van der Waals surface area contributed by atoms with Gasteiger partial charge in [0.1, 0.15) is 0 Å². The van der Waals surface area contributed by atoms with Crippen LogP contribution in [0.4, 0.5) is 15.9 Å². The predicted molar refractivity (Wildman–Crippen MR) is 133 cm³/mol. The van der Waals surface area contributed by atoms with Crippen LogP contribution >= 0.6 is 0 Å². The highest BCUT2D eigenvalue weighted by atomic mass is 19.1. The van der Waals surface area contributed by atoms with Gasteiger partial charge < -0.3 is 15.0 Å². The summed E-state index contributed by atoms with van der Waals surface area (Å²) in [7, 11) is 0. The fourth-order valence-electron chi connectivity index (χ4n) is 4.77. The number of aromatic nitrogens is 4. The third-order valence-electron chi connectivity index (χ3n) is 6.79. The number of carbonyl (C=O) groups excluding carboxylic acids is 1. The fourth-order valence-corrected chi connectivity index (χ4v) is 4.77. The molecule has 0 saturated carbocycles. The van der Waals surface area contributed by atoms with Crippen LogP contribution in [0.3, 0.4) is 0 Å². The van der Waals surface area contributed by atoms with Crippen LogP contribution in [-0.4, -0.2) is 50.7 Å². The monoisotopic (exact) mass is 484 g/mol. The van der Waals surface area contributed by atoms with Gasteiger partial charge in [-0.2, -0.15) is 5.10 Å². The molecule has 1 amide bonds. The van der Waals surface area contributed by atoms with Crippen LogP contribution < -0.4 is 5.32 Å². The lowest BCUT2D eigenvalue weighted by Gasteiger charge is -2.26. The van der Waals surface area contributed by atoms with Gasteiger partial charge in [-0.3, -0.25) is 9.89 Å². The topological polar surface area (TPSA) is 96.0 Å². The zero-order chi connectivity index (χ0) is 24.5. The zero-order valence-electron chi connectivity index (χ0n) is 19.6. The minimum Gasteiger partial charge on any atom is -0.381 e. The van der Waals surface area contributed by atoms with Crippen molar-refractivity contribution in [2.24, 2.45) is 5.92 Å². The van der Waals surface area contributed by atoms with E-state index in [1.807, 2.05) is 53.6 Å². The molecule has 182 valence electrons. The molecule has 36 heavy (non-hydrogen) atoms. The number of H-pyrrole nitrogens is 1. The number of ether oxygens (including phenoxy) is 1. The Morgan fingerprint density at radius 3 is 2.64 bits per heavy atom. The van der Waals surface area contributed by atoms with Crippen molar-refractivity contribution in [3.63, 3.8) is 0 Å². The summed E-state index contributed by atoms with van der Waals surface area (Å²) in [5.41, 5.74) is 4.99. The van der Waals surface area contributed by atoms with E-state index in [4.69, 9.17) is 4.74 Å². The quantitative estimate of drug-likeness (QED) is 0.408. The predicted octanol–water partition coefficient (Wildman–Crippen LogP) is 4.80. The second-order valence-electron chi connectivity index (χ2n) is 9.19. The number of aromatic amines is 1. The van der Waals surface area contributed by atoms with Gasteiger partial charge in [-0.25, -0.2) is 14.4 Å². The Morgan fingerprint density at radius 1 is 1.06 bits per heavy atom. The molecule has 0 atom stereocenters. The van der Waals surface area contributed by atoms with Crippen molar-refractivity contribution < 1.29 is 13.9 Å². The van der Waals surface area contributed by atoms with Gasteiger partial charge in [-0.15, -0.1) is 0 Å². The normalized spacial score (nSPS) is 15.8. The average molecular weight is 485 g/mol. The van der Waals surface area contributed by atoms with Crippen molar-refractivity contribution in [1.82, 2.24) is 25.1 Å². The summed E-state index contributed by atoms with van der Waals surface area (Å²) in [4.78, 5) is 23.6. The number of hydrogen-bond donors (Lipinski definition) is 2. The molecule has 2 aliphatic heterocycles. The molecule has 1 saturated heterocycles. The van der Waals surface area contributed by atoms with E-state index in [2.05, 4.69) is 25.5 Å². The summed E-state index contributed by atoms with van der Waals surface area (Å²) < 4.78 is 20.0. The Morgan fingerprint density at radius 2 is 1.86 bits per heavy atom. The van der Waals surface area contributed by atoms with Crippen LogP contribution in [0.5, 0.6) is 0 Å². The lowest BCUT2D eigenvalue weighted by Crippen LogP contribution is -2.32. The number of rotatable bonds is 6. The van der Waals surface area contributed by atoms with Crippen LogP contribution in [0.25, 0.3) is 22.5 Å². The van der Waals surface area contributed by atoms with E-state index in [1.165, 1.54) is 0 Å². The SMILES string of the molecule is O=C1c2cc(-c3ncc(F)c(Nc4ccc(-c5cn[nH]c5)cc4)n3)ccc2CN1CC1CCOCC1. The molecule has 2 N–H and O–H groups in total. The maximum atomic E-state index is 14.6. The molecule has 9 heteroatoms. The van der Waals surface area contributed by atoms with Crippen LogP contribution in [0.15, 0.2) is 61.1 Å². The third-order valence-corrected chi connectivity index (χ3v) is 6.79. The molecule has 1 fully saturated rings. The number of fused-ring (bicyclic) bond motifs is 1. The summed E-state index contributed by atoms with van der Waals surface area (Å²) in [5.74, 6) is 0.366. The van der Waals surface area contributed by atoms with Crippen molar-refractivity contribution in [1.29, 1.82) is 0 Å². The highest BCUT2D eigenvalue weighted by Crippen LogP contribution is 2.30. The Bertz CT molecular complexity index is 1380. The van der Waals surface area contributed by atoms with E-state index in [-0.39, 0.29) is 11.7 Å². The molecule has 0 aliphatic carbocycles. The van der Waals surface area contributed by atoms with Gasteiger partial charge >= 0.3 is 0 Å². The molecular formula is C27H25FN6O2. The maximum absolute atomic E-state index is 14.6. The second-order valence-corrected chi connectivity index (χ2v) is 9.19. The molecule has 0 unspecified atom stereocenters. The average Bonchev–Trinajstić information content (AvgIpc) is 3.55. The highest BCUT2D eigenvalue weighted by Gasteiger charge is 2.30. The number of nitrogens with zero attached hydrogens (tertiary/aromatic N) is 4. The number of halogens is 1. The van der Waals surface area contributed by atoms with Crippen LogP contribution in [0, 0.1) is 11.7 Å². The first-order chi connectivity index (χ1) is 17.6. The van der Waals surface area contributed by atoms with Crippen LogP contribution in [-0.2, 0) is 11.3 Å². The fraction of sp³-hybridized carbons (Fsp3) is 0.259. The van der Waals surface area contributed by atoms with E-state index >= 15 is 0 Å². The third kappa shape index (κ3) is 4.45. The summed E-state index contributed by atoms with van der Waals surface area (Å²) in [6.45, 7) is 2.87. The van der Waals surface area contributed by atoms with Gasteiger partial charge in [-0.1, -0.05) is 24.3 Å². The molecule has 4 heterocycles. The first-order valence-electron chi connectivity index (χ1n) is 12.0. The van der Waals surface area contributed by atoms with Crippen LogP contribution in [0.1, 0.15) is 28.8 Å². The Hall–Kier alpha value is -4.11. The number of benzene rings is 2. The molecule has 0 radical (unpaired) electrons. The summed E-state index contributed by atoms with van der Waals surface area (Å²) in [6.07, 6.45) is 6.67. The zero-order valence-corrected chi connectivity index (χ0v) is 19.6. The first kappa shape index (κ1) is 22.4. The Kier molecular flexibility index (Phi) is 5.90. The molecule has 2 aromatic heterocycles. The number of nitrogens with one attached hydrogen (secondary N) is 2.